The van der Waals surface area contributed by atoms with Crippen molar-refractivity contribution in [3.05, 3.63) is 0 Å². The molecule has 0 bridgehead atoms. The molecule has 0 spiro atoms. The molecule has 1 N–H and O–H groups in total. The summed E-state index contributed by atoms with van der Waals surface area (Å²) < 4.78 is 0. The fourth-order valence-electron chi connectivity index (χ4n) is 2.32. The van der Waals surface area contributed by atoms with Crippen molar-refractivity contribution in [2.75, 3.05) is 38.7 Å². The fourth-order valence-corrected chi connectivity index (χ4v) is 2.90. The van der Waals surface area contributed by atoms with Gasteiger partial charge in [0.2, 0.25) is 0 Å². The number of nitrogens with zero attached hydrogens (tertiary/aromatic N) is 1. The van der Waals surface area contributed by atoms with Crippen LogP contribution in [0.3, 0.4) is 0 Å². The van der Waals surface area contributed by atoms with E-state index in [-0.39, 0.29) is 0 Å². The van der Waals surface area contributed by atoms with Crippen molar-refractivity contribution in [1.82, 2.24) is 10.2 Å². The highest BCUT2D eigenvalue weighted by molar-refractivity contribution is 7.98. The normalized spacial score (nSPS) is 22.9. The number of rotatable bonds is 8. The Kier molecular flexibility index (Phi) is 7.50. The van der Waals surface area contributed by atoms with Crippen molar-refractivity contribution in [3.63, 3.8) is 0 Å². The molecule has 0 amide bonds. The Hall–Kier alpha value is 0.270. The molecule has 2 unspecified atom stereocenters. The number of thioether (sulfide) groups is 1. The highest BCUT2D eigenvalue weighted by Gasteiger charge is 2.14. The lowest BCUT2D eigenvalue weighted by Gasteiger charge is -2.24. The molecule has 1 aliphatic rings. The van der Waals surface area contributed by atoms with E-state index in [1.165, 1.54) is 51.1 Å². The zero-order chi connectivity index (χ0) is 11.8. The van der Waals surface area contributed by atoms with E-state index in [0.717, 1.165) is 12.0 Å². The van der Waals surface area contributed by atoms with Crippen LogP contribution in [0.1, 0.15) is 32.6 Å². The molecule has 3 heteroatoms. The highest BCUT2D eigenvalue weighted by Crippen LogP contribution is 2.15. The molecule has 1 saturated heterocycles. The Morgan fingerprint density at radius 3 is 2.94 bits per heavy atom. The minimum absolute atomic E-state index is 0.745. The molecule has 2 nitrogen and oxygen atoms in total. The van der Waals surface area contributed by atoms with E-state index in [0.29, 0.717) is 0 Å². The van der Waals surface area contributed by atoms with Gasteiger partial charge in [-0.2, -0.15) is 11.8 Å². The van der Waals surface area contributed by atoms with Crippen LogP contribution in [-0.2, 0) is 0 Å². The van der Waals surface area contributed by atoms with Gasteiger partial charge in [0.15, 0.2) is 0 Å². The first-order valence-electron chi connectivity index (χ1n) is 6.64. The first kappa shape index (κ1) is 14.3. The van der Waals surface area contributed by atoms with Gasteiger partial charge >= 0.3 is 0 Å². The molecule has 2 atom stereocenters. The minimum atomic E-state index is 0.745. The summed E-state index contributed by atoms with van der Waals surface area (Å²) in [6.45, 7) is 6.12. The molecule has 16 heavy (non-hydrogen) atoms. The van der Waals surface area contributed by atoms with Gasteiger partial charge in [-0.05, 0) is 77.2 Å². The lowest BCUT2D eigenvalue weighted by molar-refractivity contribution is 0.243. The summed E-state index contributed by atoms with van der Waals surface area (Å²) in [7, 11) is 2.28. The van der Waals surface area contributed by atoms with Gasteiger partial charge in [0.05, 0.1) is 0 Å². The molecule has 0 aromatic heterocycles. The predicted molar refractivity (Wildman–Crippen MR) is 75.3 cm³/mol. The largest absolute Gasteiger partial charge is 0.316 e. The van der Waals surface area contributed by atoms with Crippen LogP contribution in [-0.4, -0.2) is 49.6 Å². The smallest absolute Gasteiger partial charge is 0.00717 e. The topological polar surface area (TPSA) is 15.3 Å². The van der Waals surface area contributed by atoms with E-state index in [1.807, 2.05) is 11.8 Å². The van der Waals surface area contributed by atoms with Crippen LogP contribution in [0.15, 0.2) is 0 Å². The summed E-state index contributed by atoms with van der Waals surface area (Å²) in [6.07, 6.45) is 7.69. The van der Waals surface area contributed by atoms with E-state index >= 15 is 0 Å². The average molecular weight is 244 g/mol. The summed E-state index contributed by atoms with van der Waals surface area (Å²) in [4.78, 5) is 2.53. The fraction of sp³-hybridized carbons (Fsp3) is 1.00. The maximum absolute atomic E-state index is 3.44. The molecule has 1 aliphatic heterocycles. The zero-order valence-corrected chi connectivity index (χ0v) is 12.0. The molecule has 96 valence electrons. The maximum Gasteiger partial charge on any atom is 0.00717 e. The second-order valence-electron chi connectivity index (χ2n) is 5.11. The summed E-state index contributed by atoms with van der Waals surface area (Å²) in [5.74, 6) is 2.24. The SMILES string of the molecule is CSCCC(C)N(C)CCCC1CCNC1. The van der Waals surface area contributed by atoms with Crippen molar-refractivity contribution < 1.29 is 0 Å². The molecule has 1 rings (SSSR count). The number of nitrogens with one attached hydrogen (secondary N) is 1. The average Bonchev–Trinajstić information content (AvgIpc) is 2.78. The van der Waals surface area contributed by atoms with E-state index in [4.69, 9.17) is 0 Å². The molecule has 1 fully saturated rings. The lowest BCUT2D eigenvalue weighted by atomic mass is 10.0. The molecule has 0 aromatic rings. The summed E-state index contributed by atoms with van der Waals surface area (Å²) in [6, 6.07) is 0.745. The van der Waals surface area contributed by atoms with Crippen molar-refractivity contribution in [2.24, 2.45) is 5.92 Å². The van der Waals surface area contributed by atoms with Crippen molar-refractivity contribution in [2.45, 2.75) is 38.6 Å². The van der Waals surface area contributed by atoms with Gasteiger partial charge < -0.3 is 10.2 Å². The Morgan fingerprint density at radius 1 is 1.50 bits per heavy atom. The van der Waals surface area contributed by atoms with Gasteiger partial charge in [-0.15, -0.1) is 0 Å². The molecular formula is C13H28N2S. The molecule has 1 heterocycles. The van der Waals surface area contributed by atoms with Crippen LogP contribution >= 0.6 is 11.8 Å². The standard InChI is InChI=1S/C13H28N2S/c1-12(7-10-16-3)15(2)9-4-5-13-6-8-14-11-13/h12-14H,4-11H2,1-3H3. The third-order valence-corrected chi connectivity index (χ3v) is 4.42. The second kappa shape index (κ2) is 8.37. The predicted octanol–water partition coefficient (Wildman–Crippen LogP) is 2.45. The molecule has 0 aromatic carbocycles. The van der Waals surface area contributed by atoms with Gasteiger partial charge in [-0.25, -0.2) is 0 Å². The second-order valence-corrected chi connectivity index (χ2v) is 6.10. The Labute approximate surface area is 106 Å². The lowest BCUT2D eigenvalue weighted by Crippen LogP contribution is -2.30. The van der Waals surface area contributed by atoms with E-state index in [2.05, 4.69) is 30.4 Å². The van der Waals surface area contributed by atoms with Crippen LogP contribution in [0.25, 0.3) is 0 Å². The van der Waals surface area contributed by atoms with Gasteiger partial charge in [0, 0.05) is 6.04 Å². The van der Waals surface area contributed by atoms with Gasteiger partial charge in [0.1, 0.15) is 0 Å². The summed E-state index contributed by atoms with van der Waals surface area (Å²) in [5.41, 5.74) is 0. The van der Waals surface area contributed by atoms with Crippen LogP contribution in [0.4, 0.5) is 0 Å². The first-order chi connectivity index (χ1) is 7.74. The quantitative estimate of drug-likeness (QED) is 0.706. The van der Waals surface area contributed by atoms with E-state index in [1.54, 1.807) is 0 Å². The van der Waals surface area contributed by atoms with Crippen LogP contribution in [0.5, 0.6) is 0 Å². The van der Waals surface area contributed by atoms with Gasteiger partial charge in [-0.1, -0.05) is 0 Å². The van der Waals surface area contributed by atoms with Crippen molar-refractivity contribution in [1.29, 1.82) is 0 Å². The molecule has 0 radical (unpaired) electrons. The minimum Gasteiger partial charge on any atom is -0.316 e. The molecule has 0 saturated carbocycles. The van der Waals surface area contributed by atoms with Gasteiger partial charge in [0.25, 0.3) is 0 Å². The van der Waals surface area contributed by atoms with Crippen LogP contribution in [0, 0.1) is 5.92 Å². The monoisotopic (exact) mass is 244 g/mol. The van der Waals surface area contributed by atoms with Crippen LogP contribution < -0.4 is 5.32 Å². The van der Waals surface area contributed by atoms with E-state index < -0.39 is 0 Å². The van der Waals surface area contributed by atoms with Crippen LogP contribution in [0.2, 0.25) is 0 Å². The maximum atomic E-state index is 3.44. The third kappa shape index (κ3) is 5.55. The molecular weight excluding hydrogens is 216 g/mol. The Morgan fingerprint density at radius 2 is 2.31 bits per heavy atom. The van der Waals surface area contributed by atoms with Crippen molar-refractivity contribution in [3.8, 4) is 0 Å². The first-order valence-corrected chi connectivity index (χ1v) is 8.03. The Balaban J connectivity index is 2.01. The molecule has 0 aliphatic carbocycles. The number of hydrogen-bond acceptors (Lipinski definition) is 3. The van der Waals surface area contributed by atoms with Crippen molar-refractivity contribution >= 4 is 11.8 Å². The van der Waals surface area contributed by atoms with Gasteiger partial charge in [-0.3, -0.25) is 0 Å². The summed E-state index contributed by atoms with van der Waals surface area (Å²) >= 11 is 1.96. The Bertz CT molecular complexity index is 169. The summed E-state index contributed by atoms with van der Waals surface area (Å²) in [5, 5.41) is 3.44. The zero-order valence-electron chi connectivity index (χ0n) is 11.2. The third-order valence-electron chi connectivity index (χ3n) is 3.78. The highest BCUT2D eigenvalue weighted by atomic mass is 32.2. The number of hydrogen-bond donors (Lipinski definition) is 1. The van der Waals surface area contributed by atoms with E-state index in [9.17, 15) is 0 Å².